The molecule has 16 heavy (non-hydrogen) atoms. The zero-order valence-electron chi connectivity index (χ0n) is 9.36. The highest BCUT2D eigenvalue weighted by molar-refractivity contribution is 5.78. The predicted molar refractivity (Wildman–Crippen MR) is 65.0 cm³/mol. The van der Waals surface area contributed by atoms with Crippen LogP contribution in [0.25, 0.3) is 0 Å². The molecule has 86 valence electrons. The monoisotopic (exact) mass is 218 g/mol. The topological polar surface area (TPSA) is 55.1 Å². The van der Waals surface area contributed by atoms with E-state index in [0.717, 1.165) is 24.9 Å². The Kier molecular flexibility index (Phi) is 3.44. The van der Waals surface area contributed by atoms with Crippen molar-refractivity contribution in [3.05, 3.63) is 30.3 Å². The molecule has 3 heteroatoms. The summed E-state index contributed by atoms with van der Waals surface area (Å²) in [6.07, 6.45) is 4.23. The van der Waals surface area contributed by atoms with Gasteiger partial charge in [-0.1, -0.05) is 31.0 Å². The van der Waals surface area contributed by atoms with Crippen LogP contribution in [0.3, 0.4) is 0 Å². The first kappa shape index (κ1) is 11.0. The molecular weight excluding hydrogens is 200 g/mol. The molecule has 0 radical (unpaired) electrons. The molecule has 0 bridgehead atoms. The van der Waals surface area contributed by atoms with E-state index in [0.29, 0.717) is 0 Å². The van der Waals surface area contributed by atoms with Gasteiger partial charge in [0.05, 0.1) is 5.92 Å². The van der Waals surface area contributed by atoms with Crippen molar-refractivity contribution in [2.45, 2.75) is 31.7 Å². The van der Waals surface area contributed by atoms with Crippen molar-refractivity contribution < 1.29 is 4.79 Å². The molecule has 1 saturated carbocycles. The zero-order chi connectivity index (χ0) is 11.4. The van der Waals surface area contributed by atoms with Crippen LogP contribution in [0.4, 0.5) is 5.69 Å². The summed E-state index contributed by atoms with van der Waals surface area (Å²) in [6.45, 7) is 0. The Bertz CT molecular complexity index is 350. The largest absolute Gasteiger partial charge is 0.382 e. The number of nitrogens with one attached hydrogen (secondary N) is 1. The molecule has 1 amide bonds. The van der Waals surface area contributed by atoms with Crippen molar-refractivity contribution in [2.24, 2.45) is 11.7 Å². The highest BCUT2D eigenvalue weighted by atomic mass is 16.1. The second-order valence-corrected chi connectivity index (χ2v) is 4.41. The minimum absolute atomic E-state index is 0.0195. The molecule has 1 aromatic rings. The van der Waals surface area contributed by atoms with E-state index in [1.807, 2.05) is 30.3 Å². The number of carbonyl (C=O) groups is 1. The zero-order valence-corrected chi connectivity index (χ0v) is 9.36. The van der Waals surface area contributed by atoms with Crippen LogP contribution in [0.5, 0.6) is 0 Å². The summed E-state index contributed by atoms with van der Waals surface area (Å²) in [7, 11) is 0. The van der Waals surface area contributed by atoms with Crippen LogP contribution in [-0.2, 0) is 4.79 Å². The summed E-state index contributed by atoms with van der Waals surface area (Å²) in [5, 5.41) is 3.41. The number of para-hydroxylation sites is 1. The molecule has 0 aromatic heterocycles. The standard InChI is InChI=1S/C13H18N2O/c14-13(16)11-8-4-5-9-12(11)15-10-6-2-1-3-7-10/h1-3,6-7,11-12,15H,4-5,8-9H2,(H2,14,16)/t11-,12-/m1/s1. The van der Waals surface area contributed by atoms with Gasteiger partial charge in [-0.15, -0.1) is 0 Å². The lowest BCUT2D eigenvalue weighted by Gasteiger charge is -2.30. The minimum atomic E-state index is -0.173. The molecule has 0 heterocycles. The van der Waals surface area contributed by atoms with Crippen molar-refractivity contribution >= 4 is 11.6 Å². The lowest BCUT2D eigenvalue weighted by molar-refractivity contribution is -0.122. The maximum absolute atomic E-state index is 11.3. The molecule has 3 nitrogen and oxygen atoms in total. The van der Waals surface area contributed by atoms with Crippen LogP contribution in [0.1, 0.15) is 25.7 Å². The molecular formula is C13H18N2O. The van der Waals surface area contributed by atoms with Gasteiger partial charge in [-0.25, -0.2) is 0 Å². The number of nitrogens with two attached hydrogens (primary N) is 1. The summed E-state index contributed by atoms with van der Waals surface area (Å²) >= 11 is 0. The Labute approximate surface area is 96.0 Å². The fourth-order valence-corrected chi connectivity index (χ4v) is 2.39. The van der Waals surface area contributed by atoms with Gasteiger partial charge in [0, 0.05) is 11.7 Å². The van der Waals surface area contributed by atoms with Crippen LogP contribution in [0.15, 0.2) is 30.3 Å². The predicted octanol–water partition coefficient (Wildman–Crippen LogP) is 2.14. The molecule has 1 aliphatic carbocycles. The van der Waals surface area contributed by atoms with Crippen molar-refractivity contribution in [1.82, 2.24) is 0 Å². The summed E-state index contributed by atoms with van der Waals surface area (Å²) in [5.41, 5.74) is 6.50. The van der Waals surface area contributed by atoms with Crippen LogP contribution >= 0.6 is 0 Å². The Hall–Kier alpha value is -1.51. The number of hydrogen-bond acceptors (Lipinski definition) is 2. The Morgan fingerprint density at radius 1 is 1.19 bits per heavy atom. The number of primary amides is 1. The van der Waals surface area contributed by atoms with Gasteiger partial charge in [0.25, 0.3) is 0 Å². The molecule has 1 aromatic carbocycles. The lowest BCUT2D eigenvalue weighted by Crippen LogP contribution is -2.40. The highest BCUT2D eigenvalue weighted by Crippen LogP contribution is 2.26. The van der Waals surface area contributed by atoms with E-state index in [1.165, 1.54) is 6.42 Å². The summed E-state index contributed by atoms with van der Waals surface area (Å²) in [6, 6.07) is 10.2. The Morgan fingerprint density at radius 2 is 1.88 bits per heavy atom. The summed E-state index contributed by atoms with van der Waals surface area (Å²) in [5.74, 6) is -0.193. The van der Waals surface area contributed by atoms with E-state index >= 15 is 0 Å². The number of benzene rings is 1. The van der Waals surface area contributed by atoms with Gasteiger partial charge in [0.1, 0.15) is 0 Å². The van der Waals surface area contributed by atoms with Gasteiger partial charge in [0.15, 0.2) is 0 Å². The minimum Gasteiger partial charge on any atom is -0.382 e. The normalized spacial score (nSPS) is 25.0. The van der Waals surface area contributed by atoms with E-state index in [1.54, 1.807) is 0 Å². The molecule has 1 aliphatic rings. The number of carbonyl (C=O) groups excluding carboxylic acids is 1. The summed E-state index contributed by atoms with van der Waals surface area (Å²) < 4.78 is 0. The molecule has 0 aliphatic heterocycles. The number of rotatable bonds is 3. The first-order chi connectivity index (χ1) is 7.77. The molecule has 0 spiro atoms. The van der Waals surface area contributed by atoms with Gasteiger partial charge in [-0.3, -0.25) is 4.79 Å². The van der Waals surface area contributed by atoms with Gasteiger partial charge in [-0.2, -0.15) is 0 Å². The summed E-state index contributed by atoms with van der Waals surface area (Å²) in [4.78, 5) is 11.3. The first-order valence-corrected chi connectivity index (χ1v) is 5.88. The van der Waals surface area contributed by atoms with Crippen molar-refractivity contribution in [1.29, 1.82) is 0 Å². The second-order valence-electron chi connectivity index (χ2n) is 4.41. The third-order valence-electron chi connectivity index (χ3n) is 3.26. The van der Waals surface area contributed by atoms with E-state index in [9.17, 15) is 4.79 Å². The molecule has 1 fully saturated rings. The number of amides is 1. The average molecular weight is 218 g/mol. The second kappa shape index (κ2) is 5.01. The number of anilines is 1. The molecule has 0 saturated heterocycles. The van der Waals surface area contributed by atoms with Crippen molar-refractivity contribution in [3.8, 4) is 0 Å². The van der Waals surface area contributed by atoms with Gasteiger partial charge in [-0.05, 0) is 25.0 Å². The third-order valence-corrected chi connectivity index (χ3v) is 3.26. The highest BCUT2D eigenvalue weighted by Gasteiger charge is 2.28. The van der Waals surface area contributed by atoms with Crippen LogP contribution in [0, 0.1) is 5.92 Å². The number of hydrogen-bond donors (Lipinski definition) is 2. The molecule has 0 unspecified atom stereocenters. The lowest BCUT2D eigenvalue weighted by atomic mass is 9.84. The fraction of sp³-hybridized carbons (Fsp3) is 0.462. The Morgan fingerprint density at radius 3 is 2.56 bits per heavy atom. The fourth-order valence-electron chi connectivity index (χ4n) is 2.39. The molecule has 2 atom stereocenters. The SMILES string of the molecule is NC(=O)[C@@H]1CCCC[C@H]1Nc1ccccc1. The van der Waals surface area contributed by atoms with Gasteiger partial charge >= 0.3 is 0 Å². The Balaban J connectivity index is 2.04. The van der Waals surface area contributed by atoms with Gasteiger partial charge in [0.2, 0.25) is 5.91 Å². The van der Waals surface area contributed by atoms with E-state index in [4.69, 9.17) is 5.73 Å². The van der Waals surface area contributed by atoms with E-state index < -0.39 is 0 Å². The smallest absolute Gasteiger partial charge is 0.222 e. The maximum atomic E-state index is 11.3. The average Bonchev–Trinajstić information content (AvgIpc) is 2.31. The molecule has 2 rings (SSSR count). The van der Waals surface area contributed by atoms with E-state index in [-0.39, 0.29) is 17.9 Å². The quantitative estimate of drug-likeness (QED) is 0.816. The first-order valence-electron chi connectivity index (χ1n) is 5.88. The molecule has 3 N–H and O–H groups in total. The van der Waals surface area contributed by atoms with Gasteiger partial charge < -0.3 is 11.1 Å². The van der Waals surface area contributed by atoms with Crippen molar-refractivity contribution in [3.63, 3.8) is 0 Å². The van der Waals surface area contributed by atoms with Crippen LogP contribution < -0.4 is 11.1 Å². The third kappa shape index (κ3) is 2.54. The van der Waals surface area contributed by atoms with Crippen molar-refractivity contribution in [2.75, 3.05) is 5.32 Å². The van der Waals surface area contributed by atoms with Crippen LogP contribution in [0.2, 0.25) is 0 Å². The maximum Gasteiger partial charge on any atom is 0.222 e. The van der Waals surface area contributed by atoms with E-state index in [2.05, 4.69) is 5.32 Å². The van der Waals surface area contributed by atoms with Crippen LogP contribution in [-0.4, -0.2) is 11.9 Å².